The van der Waals surface area contributed by atoms with Gasteiger partial charge in [0.1, 0.15) is 0 Å². The molecular formula is C20H18N4O2. The molecule has 0 aliphatic heterocycles. The summed E-state index contributed by atoms with van der Waals surface area (Å²) in [6.45, 7) is 0. The Bertz CT molecular complexity index is 791. The molecule has 0 heterocycles. The van der Waals surface area contributed by atoms with E-state index in [4.69, 9.17) is 0 Å². The molecule has 0 unspecified atom stereocenters. The summed E-state index contributed by atoms with van der Waals surface area (Å²) in [5.41, 5.74) is 2.65. The third-order valence-corrected chi connectivity index (χ3v) is 3.46. The average Bonchev–Trinajstić information content (AvgIpc) is 2.65. The lowest BCUT2D eigenvalue weighted by molar-refractivity contribution is 0.261. The molecule has 4 N–H and O–H groups in total. The van der Waals surface area contributed by atoms with E-state index >= 15 is 0 Å². The van der Waals surface area contributed by atoms with Crippen molar-refractivity contribution in [3.05, 3.63) is 84.9 Å². The van der Waals surface area contributed by atoms with Crippen LogP contribution >= 0.6 is 0 Å². The lowest BCUT2D eigenvalue weighted by atomic mass is 10.3. The van der Waals surface area contributed by atoms with Crippen molar-refractivity contribution in [2.45, 2.75) is 0 Å². The second kappa shape index (κ2) is 8.34. The van der Waals surface area contributed by atoms with Gasteiger partial charge < -0.3 is 21.3 Å². The van der Waals surface area contributed by atoms with Gasteiger partial charge in [-0.3, -0.25) is 0 Å². The Morgan fingerprint density at radius 3 is 1.00 bits per heavy atom. The molecule has 3 rings (SSSR count). The summed E-state index contributed by atoms with van der Waals surface area (Å²) in [5.74, 6) is 0. The molecule has 3 aromatic rings. The van der Waals surface area contributed by atoms with Crippen LogP contribution in [-0.2, 0) is 0 Å². The van der Waals surface area contributed by atoms with Crippen molar-refractivity contribution < 1.29 is 9.59 Å². The number of benzene rings is 3. The van der Waals surface area contributed by atoms with E-state index in [0.717, 1.165) is 0 Å². The molecule has 0 bridgehead atoms. The smallest absolute Gasteiger partial charge is 0.308 e. The molecule has 0 saturated heterocycles. The summed E-state index contributed by atoms with van der Waals surface area (Å²) in [4.78, 5) is 23.9. The van der Waals surface area contributed by atoms with Crippen molar-refractivity contribution in [2.24, 2.45) is 0 Å². The predicted octanol–water partition coefficient (Wildman–Crippen LogP) is 4.97. The second-order valence-corrected chi connectivity index (χ2v) is 5.47. The first-order valence-electron chi connectivity index (χ1n) is 8.05. The maximum Gasteiger partial charge on any atom is 0.323 e. The third-order valence-electron chi connectivity index (χ3n) is 3.46. The Kier molecular flexibility index (Phi) is 5.47. The van der Waals surface area contributed by atoms with E-state index in [9.17, 15) is 9.59 Å². The molecule has 0 aliphatic carbocycles. The minimum Gasteiger partial charge on any atom is -0.308 e. The Hall–Kier alpha value is -3.80. The van der Waals surface area contributed by atoms with E-state index in [-0.39, 0.29) is 12.1 Å². The average molecular weight is 346 g/mol. The highest BCUT2D eigenvalue weighted by Gasteiger charge is 2.04. The minimum absolute atomic E-state index is 0.335. The quantitative estimate of drug-likeness (QED) is 0.537. The van der Waals surface area contributed by atoms with E-state index in [2.05, 4.69) is 21.3 Å². The fourth-order valence-corrected chi connectivity index (χ4v) is 2.27. The topological polar surface area (TPSA) is 82.3 Å². The molecule has 26 heavy (non-hydrogen) atoms. The Balaban J connectivity index is 1.51. The Morgan fingerprint density at radius 1 is 0.423 bits per heavy atom. The second-order valence-electron chi connectivity index (χ2n) is 5.47. The van der Waals surface area contributed by atoms with Crippen LogP contribution in [0, 0.1) is 0 Å². The zero-order valence-electron chi connectivity index (χ0n) is 13.9. The molecule has 0 atom stereocenters. The van der Waals surface area contributed by atoms with Crippen LogP contribution in [0.25, 0.3) is 0 Å². The van der Waals surface area contributed by atoms with Gasteiger partial charge in [0.2, 0.25) is 0 Å². The minimum atomic E-state index is -0.335. The van der Waals surface area contributed by atoms with Gasteiger partial charge in [0, 0.05) is 22.7 Å². The molecule has 4 amide bonds. The molecule has 0 saturated carbocycles. The Morgan fingerprint density at radius 2 is 0.692 bits per heavy atom. The number of carbonyl (C=O) groups excluding carboxylic acids is 2. The van der Waals surface area contributed by atoms with Gasteiger partial charge in [-0.05, 0) is 48.5 Å². The van der Waals surface area contributed by atoms with Gasteiger partial charge in [-0.2, -0.15) is 0 Å². The van der Waals surface area contributed by atoms with Crippen LogP contribution < -0.4 is 21.3 Å². The maximum absolute atomic E-state index is 11.9. The van der Waals surface area contributed by atoms with E-state index in [1.807, 2.05) is 36.4 Å². The monoisotopic (exact) mass is 346 g/mol. The van der Waals surface area contributed by atoms with Crippen molar-refractivity contribution in [1.82, 2.24) is 0 Å². The van der Waals surface area contributed by atoms with Crippen LogP contribution in [0.4, 0.5) is 32.3 Å². The van der Waals surface area contributed by atoms with Crippen LogP contribution in [0.5, 0.6) is 0 Å². The molecule has 0 aromatic heterocycles. The van der Waals surface area contributed by atoms with Crippen LogP contribution in [0.2, 0.25) is 0 Å². The molecule has 6 nitrogen and oxygen atoms in total. The lowest BCUT2D eigenvalue weighted by Gasteiger charge is -2.10. The van der Waals surface area contributed by atoms with Crippen LogP contribution in [0.1, 0.15) is 0 Å². The highest BCUT2D eigenvalue weighted by atomic mass is 16.2. The third kappa shape index (κ3) is 5.10. The van der Waals surface area contributed by atoms with Crippen LogP contribution in [-0.4, -0.2) is 12.1 Å². The largest absolute Gasteiger partial charge is 0.323 e. The van der Waals surface area contributed by atoms with Gasteiger partial charge in [-0.1, -0.05) is 36.4 Å². The highest BCUT2D eigenvalue weighted by molar-refractivity contribution is 6.01. The molecule has 0 fully saturated rings. The van der Waals surface area contributed by atoms with Crippen molar-refractivity contribution >= 4 is 34.8 Å². The first-order chi connectivity index (χ1) is 12.7. The summed E-state index contributed by atoms with van der Waals surface area (Å²) in [5, 5.41) is 10.9. The summed E-state index contributed by atoms with van der Waals surface area (Å²) in [6.07, 6.45) is 0. The summed E-state index contributed by atoms with van der Waals surface area (Å²) < 4.78 is 0. The zero-order chi connectivity index (χ0) is 18.2. The normalized spacial score (nSPS) is 9.85. The first kappa shape index (κ1) is 17.0. The van der Waals surface area contributed by atoms with Gasteiger partial charge in [0.05, 0.1) is 0 Å². The molecular weight excluding hydrogens is 328 g/mol. The number of nitrogens with one attached hydrogen (secondary N) is 4. The molecule has 130 valence electrons. The van der Waals surface area contributed by atoms with Crippen molar-refractivity contribution in [1.29, 1.82) is 0 Å². The number of hydrogen-bond donors (Lipinski definition) is 4. The standard InChI is InChI=1S/C20H18N4O2/c25-19(21-15-7-3-1-4-8-15)23-17-11-13-18(14-12-17)24-20(26)22-16-9-5-2-6-10-16/h1-14H,(H2,21,23,25)(H2,22,24,26). The molecule has 0 spiro atoms. The summed E-state index contributed by atoms with van der Waals surface area (Å²) >= 11 is 0. The fourth-order valence-electron chi connectivity index (χ4n) is 2.27. The van der Waals surface area contributed by atoms with E-state index in [0.29, 0.717) is 22.7 Å². The molecule has 0 aliphatic rings. The van der Waals surface area contributed by atoms with E-state index in [1.54, 1.807) is 48.5 Å². The number of urea groups is 2. The van der Waals surface area contributed by atoms with Gasteiger partial charge in [0.15, 0.2) is 0 Å². The summed E-state index contributed by atoms with van der Waals surface area (Å²) in [6, 6.07) is 24.5. The maximum atomic E-state index is 11.9. The molecule has 0 radical (unpaired) electrons. The SMILES string of the molecule is O=C(Nc1ccccc1)Nc1ccc(NC(=O)Nc2ccccc2)cc1. The zero-order valence-corrected chi connectivity index (χ0v) is 13.9. The van der Waals surface area contributed by atoms with Gasteiger partial charge >= 0.3 is 12.1 Å². The lowest BCUT2D eigenvalue weighted by Crippen LogP contribution is -2.20. The van der Waals surface area contributed by atoms with Gasteiger partial charge in [0.25, 0.3) is 0 Å². The first-order valence-corrected chi connectivity index (χ1v) is 8.05. The van der Waals surface area contributed by atoms with Crippen molar-refractivity contribution in [3.8, 4) is 0 Å². The molecule has 3 aromatic carbocycles. The molecule has 6 heteroatoms. The number of anilines is 4. The Labute approximate surface area is 151 Å². The number of rotatable bonds is 4. The van der Waals surface area contributed by atoms with Gasteiger partial charge in [-0.25, -0.2) is 9.59 Å². The number of hydrogen-bond acceptors (Lipinski definition) is 2. The highest BCUT2D eigenvalue weighted by Crippen LogP contribution is 2.15. The van der Waals surface area contributed by atoms with Crippen molar-refractivity contribution in [3.63, 3.8) is 0 Å². The summed E-state index contributed by atoms with van der Waals surface area (Å²) in [7, 11) is 0. The fraction of sp³-hybridized carbons (Fsp3) is 0. The van der Waals surface area contributed by atoms with E-state index in [1.165, 1.54) is 0 Å². The van der Waals surface area contributed by atoms with Crippen molar-refractivity contribution in [2.75, 3.05) is 21.3 Å². The number of amides is 4. The van der Waals surface area contributed by atoms with E-state index < -0.39 is 0 Å². The van der Waals surface area contributed by atoms with Crippen LogP contribution in [0.3, 0.4) is 0 Å². The number of para-hydroxylation sites is 2. The number of carbonyl (C=O) groups is 2. The van der Waals surface area contributed by atoms with Crippen LogP contribution in [0.15, 0.2) is 84.9 Å². The van der Waals surface area contributed by atoms with Gasteiger partial charge in [-0.15, -0.1) is 0 Å². The predicted molar refractivity (Wildman–Crippen MR) is 105 cm³/mol.